The Bertz CT molecular complexity index is 2070. The average molecular weight is 782 g/mol. The van der Waals surface area contributed by atoms with Gasteiger partial charge >= 0.3 is 12.3 Å². The molecule has 1 N–H and O–H groups in total. The lowest BCUT2D eigenvalue weighted by molar-refractivity contribution is -0.141. The van der Waals surface area contributed by atoms with Crippen LogP contribution >= 0.6 is 0 Å². The first kappa shape index (κ1) is 39.3. The maximum Gasteiger partial charge on any atom is 0.435 e. The van der Waals surface area contributed by atoms with E-state index in [9.17, 15) is 31.2 Å². The highest BCUT2D eigenvalue weighted by atomic mass is 32.2. The maximum absolute atomic E-state index is 13.8. The molecule has 4 aromatic rings. The number of nitrogens with one attached hydrogen (secondary N) is 1. The second kappa shape index (κ2) is 16.2. The number of nitrogens with zero attached hydrogens (tertiary/aromatic N) is 4. The number of aromatic nitrogens is 2. The van der Waals surface area contributed by atoms with Gasteiger partial charge in [0.25, 0.3) is 5.91 Å². The molecular weight excluding hydrogens is 740 g/mol. The average Bonchev–Trinajstić information content (AvgIpc) is 3.61. The van der Waals surface area contributed by atoms with Gasteiger partial charge < -0.3 is 24.0 Å². The molecule has 6 rings (SSSR count). The van der Waals surface area contributed by atoms with Gasteiger partial charge in [0.05, 0.1) is 18.0 Å². The zero-order valence-corrected chi connectivity index (χ0v) is 31.4. The van der Waals surface area contributed by atoms with Crippen LogP contribution in [0, 0.1) is 0 Å². The van der Waals surface area contributed by atoms with E-state index in [1.807, 2.05) is 12.1 Å². The van der Waals surface area contributed by atoms with Gasteiger partial charge in [0.1, 0.15) is 23.2 Å². The minimum atomic E-state index is -4.59. The number of carbonyl (C=O) groups is 2. The van der Waals surface area contributed by atoms with Gasteiger partial charge in [-0.1, -0.05) is 42.5 Å². The number of benzene rings is 3. The monoisotopic (exact) mass is 781 g/mol. The quantitative estimate of drug-likeness (QED) is 0.172. The molecule has 2 fully saturated rings. The van der Waals surface area contributed by atoms with Gasteiger partial charge in [-0.3, -0.25) is 9.52 Å². The third-order valence-corrected chi connectivity index (χ3v) is 10.3. The summed E-state index contributed by atoms with van der Waals surface area (Å²) in [6, 6.07) is 22.5. The van der Waals surface area contributed by atoms with E-state index in [0.29, 0.717) is 50.2 Å². The van der Waals surface area contributed by atoms with Gasteiger partial charge in [0.15, 0.2) is 5.69 Å². The van der Waals surface area contributed by atoms with Crippen molar-refractivity contribution in [2.24, 2.45) is 0 Å². The SMILES string of the molecule is CC(C)(C)OC(=O)N1CC[C@@H](Oc2ccc(C(=O)N3CCC(c4ccc(Oc5ccc(C(F)(F)F)nn5)cc4)CC3)cc2NS(=O)(=O)Cc2ccccc2)C1. The summed E-state index contributed by atoms with van der Waals surface area (Å²) in [5.74, 6) is 0.161. The molecule has 0 spiro atoms. The lowest BCUT2D eigenvalue weighted by Crippen LogP contribution is -2.38. The Kier molecular flexibility index (Phi) is 11.5. The van der Waals surface area contributed by atoms with Gasteiger partial charge in [-0.25, -0.2) is 13.2 Å². The summed E-state index contributed by atoms with van der Waals surface area (Å²) in [5, 5.41) is 6.67. The minimum absolute atomic E-state index is 0.0669. The van der Waals surface area contributed by atoms with Crippen LogP contribution in [0.15, 0.2) is 84.9 Å². The first-order valence-corrected chi connectivity index (χ1v) is 19.5. The molecule has 2 aliphatic heterocycles. The third kappa shape index (κ3) is 10.6. The number of amides is 2. The van der Waals surface area contributed by atoms with Crippen molar-refractivity contribution >= 4 is 27.7 Å². The predicted octanol–water partition coefficient (Wildman–Crippen LogP) is 7.64. The molecule has 1 aromatic heterocycles. The van der Waals surface area contributed by atoms with Crippen molar-refractivity contribution in [2.75, 3.05) is 30.9 Å². The number of carbonyl (C=O) groups excluding carboxylic acids is 2. The zero-order valence-electron chi connectivity index (χ0n) is 30.6. The number of halogens is 3. The van der Waals surface area contributed by atoms with Crippen molar-refractivity contribution < 1.29 is 45.4 Å². The Morgan fingerprint density at radius 1 is 0.855 bits per heavy atom. The fourth-order valence-electron chi connectivity index (χ4n) is 6.39. The summed E-state index contributed by atoms with van der Waals surface area (Å²) in [6.07, 6.45) is -3.62. The second-order valence-corrected chi connectivity index (χ2v) is 16.2. The van der Waals surface area contributed by atoms with Crippen molar-refractivity contribution in [3.05, 3.63) is 107 Å². The molecular formula is C39H42F3N5O7S. The fraction of sp³-hybridized carbons (Fsp3) is 0.385. The van der Waals surface area contributed by atoms with Crippen LogP contribution in [-0.4, -0.2) is 78.3 Å². The van der Waals surface area contributed by atoms with Gasteiger partial charge in [0.2, 0.25) is 15.9 Å². The molecule has 2 saturated heterocycles. The van der Waals surface area contributed by atoms with Gasteiger partial charge in [-0.2, -0.15) is 13.2 Å². The van der Waals surface area contributed by atoms with E-state index in [4.69, 9.17) is 14.2 Å². The Morgan fingerprint density at radius 2 is 1.55 bits per heavy atom. The Morgan fingerprint density at radius 3 is 2.18 bits per heavy atom. The van der Waals surface area contributed by atoms with Crippen LogP contribution in [0.5, 0.6) is 17.4 Å². The highest BCUT2D eigenvalue weighted by Gasteiger charge is 2.34. The number of hydrogen-bond donors (Lipinski definition) is 1. The molecule has 2 aliphatic rings. The number of likely N-dealkylation sites (tertiary alicyclic amines) is 2. The van der Waals surface area contributed by atoms with E-state index in [1.165, 1.54) is 6.07 Å². The van der Waals surface area contributed by atoms with Gasteiger partial charge in [-0.15, -0.1) is 10.2 Å². The van der Waals surface area contributed by atoms with Crippen LogP contribution < -0.4 is 14.2 Å². The molecule has 0 radical (unpaired) electrons. The number of sulfonamides is 1. The van der Waals surface area contributed by atoms with Crippen molar-refractivity contribution in [2.45, 2.75) is 69.6 Å². The van der Waals surface area contributed by atoms with E-state index in [1.54, 1.807) is 85.2 Å². The number of alkyl halides is 3. The number of ether oxygens (including phenoxy) is 3. The molecule has 3 aromatic carbocycles. The molecule has 12 nitrogen and oxygen atoms in total. The highest BCUT2D eigenvalue weighted by Crippen LogP contribution is 2.34. The number of piperidine rings is 1. The molecule has 55 heavy (non-hydrogen) atoms. The van der Waals surface area contributed by atoms with Crippen LogP contribution in [0.25, 0.3) is 0 Å². The standard InChI is InChI=1S/C39H42F3N5O7S/c1-38(2,3)54-37(49)47-22-19-31(24-47)52-33-14-11-29(23-32(33)45-55(50,51)25-26-7-5-4-6-8-26)36(48)46-20-17-28(18-21-46)27-9-12-30(13-10-27)53-35-16-15-34(43-44-35)39(40,41)42/h4-16,23,28,31,45H,17-22,24-25H2,1-3H3/t31-/m1/s1. The number of rotatable bonds is 10. The molecule has 0 aliphatic carbocycles. The summed E-state index contributed by atoms with van der Waals surface area (Å²) < 4.78 is 85.0. The van der Waals surface area contributed by atoms with Crippen molar-refractivity contribution in [1.82, 2.24) is 20.0 Å². The lowest BCUT2D eigenvalue weighted by Gasteiger charge is -2.32. The molecule has 3 heterocycles. The van der Waals surface area contributed by atoms with Crippen molar-refractivity contribution in [3.8, 4) is 17.4 Å². The number of anilines is 1. The molecule has 16 heteroatoms. The normalized spacial score (nSPS) is 16.8. The maximum atomic E-state index is 13.8. The van der Waals surface area contributed by atoms with Gasteiger partial charge in [-0.05, 0) is 87.1 Å². The smallest absolute Gasteiger partial charge is 0.435 e. The zero-order chi connectivity index (χ0) is 39.4. The van der Waals surface area contributed by atoms with Crippen LogP contribution in [0.1, 0.15) is 73.1 Å². The third-order valence-electron chi connectivity index (χ3n) is 9.07. The molecule has 292 valence electrons. The topological polar surface area (TPSA) is 140 Å². The summed E-state index contributed by atoms with van der Waals surface area (Å²) >= 11 is 0. The largest absolute Gasteiger partial charge is 0.486 e. The van der Waals surface area contributed by atoms with E-state index >= 15 is 0 Å². The molecule has 2 amide bonds. The summed E-state index contributed by atoms with van der Waals surface area (Å²) in [6.45, 7) is 6.95. The molecule has 0 bridgehead atoms. The molecule has 0 saturated carbocycles. The second-order valence-electron chi connectivity index (χ2n) is 14.5. The van der Waals surface area contributed by atoms with Crippen molar-refractivity contribution in [3.63, 3.8) is 0 Å². The summed E-state index contributed by atoms with van der Waals surface area (Å²) in [5.41, 5.74) is 0.260. The minimum Gasteiger partial charge on any atom is -0.486 e. The van der Waals surface area contributed by atoms with Crippen LogP contribution in [0.2, 0.25) is 0 Å². The summed E-state index contributed by atoms with van der Waals surface area (Å²) in [7, 11) is -3.92. The van der Waals surface area contributed by atoms with Crippen molar-refractivity contribution in [1.29, 1.82) is 0 Å². The first-order chi connectivity index (χ1) is 26.0. The van der Waals surface area contributed by atoms with Crippen LogP contribution in [0.4, 0.5) is 23.7 Å². The predicted molar refractivity (Wildman–Crippen MR) is 197 cm³/mol. The van der Waals surface area contributed by atoms with Crippen LogP contribution in [-0.2, 0) is 26.7 Å². The van der Waals surface area contributed by atoms with Gasteiger partial charge in [0, 0.05) is 37.7 Å². The fourth-order valence-corrected chi connectivity index (χ4v) is 7.59. The first-order valence-electron chi connectivity index (χ1n) is 17.8. The van der Waals surface area contributed by atoms with Crippen LogP contribution in [0.3, 0.4) is 0 Å². The number of hydrogen-bond acceptors (Lipinski definition) is 9. The Hall–Kier alpha value is -5.38. The molecule has 0 unspecified atom stereocenters. The lowest BCUT2D eigenvalue weighted by atomic mass is 9.89. The Balaban J connectivity index is 1.11. The Labute approximate surface area is 317 Å². The van der Waals surface area contributed by atoms with E-state index in [0.717, 1.165) is 17.7 Å². The van der Waals surface area contributed by atoms with E-state index in [-0.39, 0.29) is 47.0 Å². The van der Waals surface area contributed by atoms with E-state index < -0.39 is 39.7 Å². The highest BCUT2D eigenvalue weighted by molar-refractivity contribution is 7.91. The summed E-state index contributed by atoms with van der Waals surface area (Å²) in [4.78, 5) is 29.7. The molecule has 1 atom stereocenters. The van der Waals surface area contributed by atoms with E-state index in [2.05, 4.69) is 14.9 Å².